The van der Waals surface area contributed by atoms with Crippen molar-refractivity contribution in [2.24, 2.45) is 0 Å². The first-order valence-electron chi connectivity index (χ1n) is 10.3. The zero-order valence-corrected chi connectivity index (χ0v) is 18.0. The summed E-state index contributed by atoms with van der Waals surface area (Å²) in [6, 6.07) is 14.5. The molecule has 1 fully saturated rings. The van der Waals surface area contributed by atoms with Gasteiger partial charge >= 0.3 is 0 Å². The number of aliphatic hydroxyl groups is 1. The van der Waals surface area contributed by atoms with Gasteiger partial charge in [-0.2, -0.15) is 0 Å². The molecule has 5 heteroatoms. The SMILES string of the molecule is Cc1ccc(C)c(/C(O)=C2\C(=O)C(=O)N(CCCOC(C)C)C2c2ccccc2)c1. The number of aliphatic hydroxyl groups excluding tert-OH is 1. The zero-order valence-electron chi connectivity index (χ0n) is 18.0. The van der Waals surface area contributed by atoms with Gasteiger partial charge in [-0.15, -0.1) is 0 Å². The molecule has 1 unspecified atom stereocenters. The number of ketones is 1. The lowest BCUT2D eigenvalue weighted by molar-refractivity contribution is -0.140. The summed E-state index contributed by atoms with van der Waals surface area (Å²) in [6.07, 6.45) is 0.715. The van der Waals surface area contributed by atoms with Gasteiger partial charge in [-0.3, -0.25) is 9.59 Å². The van der Waals surface area contributed by atoms with Crippen molar-refractivity contribution < 1.29 is 19.4 Å². The third kappa shape index (κ3) is 4.46. The Labute approximate surface area is 178 Å². The minimum atomic E-state index is -0.646. The van der Waals surface area contributed by atoms with Crippen molar-refractivity contribution in [3.8, 4) is 0 Å². The average Bonchev–Trinajstić information content (AvgIpc) is 2.97. The van der Waals surface area contributed by atoms with E-state index in [9.17, 15) is 14.7 Å². The van der Waals surface area contributed by atoms with Crippen molar-refractivity contribution in [1.82, 2.24) is 4.90 Å². The van der Waals surface area contributed by atoms with Crippen molar-refractivity contribution in [3.05, 3.63) is 76.4 Å². The van der Waals surface area contributed by atoms with Crippen LogP contribution < -0.4 is 0 Å². The summed E-state index contributed by atoms with van der Waals surface area (Å²) in [5.41, 5.74) is 3.34. The van der Waals surface area contributed by atoms with Crippen molar-refractivity contribution in [2.75, 3.05) is 13.2 Å². The van der Waals surface area contributed by atoms with E-state index in [1.54, 1.807) is 4.90 Å². The Kier molecular flexibility index (Phi) is 6.73. The van der Waals surface area contributed by atoms with Crippen molar-refractivity contribution in [2.45, 2.75) is 46.3 Å². The smallest absolute Gasteiger partial charge is 0.295 e. The highest BCUT2D eigenvalue weighted by atomic mass is 16.5. The molecule has 1 N–H and O–H groups in total. The van der Waals surface area contributed by atoms with Gasteiger partial charge in [0.25, 0.3) is 11.7 Å². The number of rotatable bonds is 7. The predicted octanol–water partition coefficient (Wildman–Crippen LogP) is 4.54. The van der Waals surface area contributed by atoms with Crippen LogP contribution in [0.1, 0.15) is 48.6 Å². The van der Waals surface area contributed by atoms with E-state index in [-0.39, 0.29) is 17.4 Å². The third-order valence-electron chi connectivity index (χ3n) is 5.30. The monoisotopic (exact) mass is 407 g/mol. The number of carbonyl (C=O) groups is 2. The number of hydrogen-bond acceptors (Lipinski definition) is 4. The number of ether oxygens (including phenoxy) is 1. The molecule has 1 aliphatic rings. The second-order valence-electron chi connectivity index (χ2n) is 7.99. The van der Waals surface area contributed by atoms with Crippen LogP contribution in [0.5, 0.6) is 0 Å². The lowest BCUT2D eigenvalue weighted by Gasteiger charge is -2.25. The number of hydrogen-bond donors (Lipinski definition) is 1. The van der Waals surface area contributed by atoms with Crippen LogP contribution in [-0.4, -0.2) is 41.0 Å². The van der Waals surface area contributed by atoms with Gasteiger partial charge in [-0.05, 0) is 51.3 Å². The molecule has 2 aromatic rings. The summed E-state index contributed by atoms with van der Waals surface area (Å²) < 4.78 is 5.59. The average molecular weight is 408 g/mol. The summed E-state index contributed by atoms with van der Waals surface area (Å²) >= 11 is 0. The second-order valence-corrected chi connectivity index (χ2v) is 7.99. The first-order chi connectivity index (χ1) is 14.3. The van der Waals surface area contributed by atoms with E-state index in [0.29, 0.717) is 25.1 Å². The van der Waals surface area contributed by atoms with E-state index in [4.69, 9.17) is 4.74 Å². The highest BCUT2D eigenvalue weighted by Gasteiger charge is 2.45. The number of benzene rings is 2. The fourth-order valence-electron chi connectivity index (χ4n) is 3.78. The molecule has 0 aromatic heterocycles. The molecular weight excluding hydrogens is 378 g/mol. The van der Waals surface area contributed by atoms with E-state index in [1.807, 2.05) is 76.2 Å². The Hall–Kier alpha value is -2.92. The molecule has 30 heavy (non-hydrogen) atoms. The molecule has 1 atom stereocenters. The number of likely N-dealkylation sites (tertiary alicyclic amines) is 1. The second kappa shape index (κ2) is 9.26. The summed E-state index contributed by atoms with van der Waals surface area (Å²) in [7, 11) is 0. The van der Waals surface area contributed by atoms with Gasteiger partial charge in [0.1, 0.15) is 5.76 Å². The largest absolute Gasteiger partial charge is 0.507 e. The van der Waals surface area contributed by atoms with Gasteiger partial charge in [0.15, 0.2) is 0 Å². The van der Waals surface area contributed by atoms with Crippen LogP contribution >= 0.6 is 0 Å². The maximum atomic E-state index is 13.0. The molecule has 158 valence electrons. The van der Waals surface area contributed by atoms with Crippen molar-refractivity contribution >= 4 is 17.4 Å². The quantitative estimate of drug-likeness (QED) is 0.317. The van der Waals surface area contributed by atoms with Crippen LogP contribution in [-0.2, 0) is 14.3 Å². The first kappa shape index (κ1) is 21.8. The summed E-state index contributed by atoms with van der Waals surface area (Å²) in [5.74, 6) is -1.35. The standard InChI is InChI=1S/C25H29NO4/c1-16(2)30-14-8-13-26-22(19-9-6-5-7-10-19)21(24(28)25(26)29)23(27)20-15-17(3)11-12-18(20)4/h5-7,9-12,15-16,22,27H,8,13-14H2,1-4H3/b23-21+. The van der Waals surface area contributed by atoms with Crippen molar-refractivity contribution in [3.63, 3.8) is 0 Å². The maximum Gasteiger partial charge on any atom is 0.295 e. The number of nitrogens with zero attached hydrogens (tertiary/aromatic N) is 1. The van der Waals surface area contributed by atoms with Gasteiger partial charge in [0, 0.05) is 18.7 Å². The molecule has 1 saturated heterocycles. The van der Waals surface area contributed by atoms with E-state index < -0.39 is 17.7 Å². The first-order valence-corrected chi connectivity index (χ1v) is 10.3. The lowest BCUT2D eigenvalue weighted by Crippen LogP contribution is -2.31. The fraction of sp³-hybridized carbons (Fsp3) is 0.360. The Morgan fingerprint density at radius 3 is 2.47 bits per heavy atom. The molecule has 2 aromatic carbocycles. The summed E-state index contributed by atoms with van der Waals surface area (Å²) in [4.78, 5) is 27.5. The van der Waals surface area contributed by atoms with Crippen molar-refractivity contribution in [1.29, 1.82) is 0 Å². The van der Waals surface area contributed by atoms with Crippen LogP contribution in [0.15, 0.2) is 54.1 Å². The summed E-state index contributed by atoms with van der Waals surface area (Å²) in [5, 5.41) is 11.2. The Morgan fingerprint density at radius 2 is 1.80 bits per heavy atom. The van der Waals surface area contributed by atoms with E-state index in [2.05, 4.69) is 0 Å². The molecule has 5 nitrogen and oxygen atoms in total. The minimum absolute atomic E-state index is 0.106. The molecule has 0 bridgehead atoms. The molecule has 1 aliphatic heterocycles. The van der Waals surface area contributed by atoms with Gasteiger partial charge in [-0.1, -0.05) is 48.0 Å². The number of amides is 1. The van der Waals surface area contributed by atoms with Crippen LogP contribution in [0.3, 0.4) is 0 Å². The van der Waals surface area contributed by atoms with Gasteiger partial charge in [0.05, 0.1) is 17.7 Å². The Morgan fingerprint density at radius 1 is 1.10 bits per heavy atom. The molecule has 1 amide bonds. The number of aryl methyl sites for hydroxylation is 2. The van der Waals surface area contributed by atoms with Crippen LogP contribution in [0, 0.1) is 13.8 Å². The molecule has 0 saturated carbocycles. The van der Waals surface area contributed by atoms with Gasteiger partial charge in [0.2, 0.25) is 0 Å². The highest BCUT2D eigenvalue weighted by molar-refractivity contribution is 6.46. The molecule has 3 rings (SSSR count). The number of Topliss-reactive ketones (excluding diaryl/α,β-unsaturated/α-hetero) is 1. The van der Waals surface area contributed by atoms with Crippen LogP contribution in [0.2, 0.25) is 0 Å². The zero-order chi connectivity index (χ0) is 21.8. The molecule has 1 heterocycles. The predicted molar refractivity (Wildman–Crippen MR) is 117 cm³/mol. The normalized spacial score (nSPS) is 18.4. The third-order valence-corrected chi connectivity index (χ3v) is 5.30. The van der Waals surface area contributed by atoms with Gasteiger partial charge in [-0.25, -0.2) is 0 Å². The Balaban J connectivity index is 2.05. The maximum absolute atomic E-state index is 13.0. The summed E-state index contributed by atoms with van der Waals surface area (Å²) in [6.45, 7) is 8.60. The number of carbonyl (C=O) groups excluding carboxylic acids is 2. The van der Waals surface area contributed by atoms with Crippen LogP contribution in [0.25, 0.3) is 5.76 Å². The van der Waals surface area contributed by atoms with Gasteiger partial charge < -0.3 is 14.7 Å². The lowest BCUT2D eigenvalue weighted by atomic mass is 9.93. The molecule has 0 spiro atoms. The highest BCUT2D eigenvalue weighted by Crippen LogP contribution is 2.39. The fourth-order valence-corrected chi connectivity index (χ4v) is 3.78. The van der Waals surface area contributed by atoms with E-state index in [0.717, 1.165) is 16.7 Å². The van der Waals surface area contributed by atoms with Crippen LogP contribution in [0.4, 0.5) is 0 Å². The van der Waals surface area contributed by atoms with E-state index in [1.165, 1.54) is 0 Å². The Bertz CT molecular complexity index is 962. The molecule has 0 radical (unpaired) electrons. The molecule has 0 aliphatic carbocycles. The minimum Gasteiger partial charge on any atom is -0.507 e. The topological polar surface area (TPSA) is 66.8 Å². The van der Waals surface area contributed by atoms with E-state index >= 15 is 0 Å². The molecular formula is C25H29NO4.